The lowest BCUT2D eigenvalue weighted by Gasteiger charge is -2.03. The van der Waals surface area contributed by atoms with Crippen molar-refractivity contribution in [2.45, 2.75) is 27.2 Å². The summed E-state index contributed by atoms with van der Waals surface area (Å²) < 4.78 is 12.3. The van der Waals surface area contributed by atoms with Crippen LogP contribution in [0, 0.1) is 5.92 Å². The molecule has 0 aromatic carbocycles. The van der Waals surface area contributed by atoms with Crippen LogP contribution in [0.1, 0.15) is 27.2 Å². The predicted octanol–water partition coefficient (Wildman–Crippen LogP) is 4.02. The Kier molecular flexibility index (Phi) is 5.35. The Hall–Kier alpha value is -0.850. The summed E-state index contributed by atoms with van der Waals surface area (Å²) in [5.41, 5.74) is 1.09. The zero-order valence-electron chi connectivity index (χ0n) is 8.10. The van der Waals surface area contributed by atoms with E-state index < -0.39 is 0 Å². The fourth-order valence-electron chi connectivity index (χ4n) is 0.913. The van der Waals surface area contributed by atoms with E-state index in [0.29, 0.717) is 5.92 Å². The highest BCUT2D eigenvalue weighted by Crippen LogP contribution is 2.11. The number of halogens is 1. The van der Waals surface area contributed by atoms with Gasteiger partial charge in [0.15, 0.2) is 0 Å². The summed E-state index contributed by atoms with van der Waals surface area (Å²) in [5.74, 6) is 0.417. The van der Waals surface area contributed by atoms with Gasteiger partial charge in [0, 0.05) is 0 Å². The Morgan fingerprint density at radius 2 is 2.00 bits per heavy atom. The summed E-state index contributed by atoms with van der Waals surface area (Å²) in [5, 5.41) is 0. The summed E-state index contributed by atoms with van der Waals surface area (Å²) in [6.45, 7) is 9.37. The maximum atomic E-state index is 12.3. The van der Waals surface area contributed by atoms with E-state index in [2.05, 4.69) is 20.4 Å². The van der Waals surface area contributed by atoms with Crippen LogP contribution in [-0.2, 0) is 0 Å². The highest BCUT2D eigenvalue weighted by atomic mass is 19.1. The summed E-state index contributed by atoms with van der Waals surface area (Å²) in [6.07, 6.45) is 5.98. The van der Waals surface area contributed by atoms with Gasteiger partial charge in [-0.1, -0.05) is 32.6 Å². The molecule has 12 heavy (non-hydrogen) atoms. The average Bonchev–Trinajstić information content (AvgIpc) is 1.97. The molecule has 68 valence electrons. The maximum absolute atomic E-state index is 12.3. The molecule has 0 radical (unpaired) electrons. The summed E-state index contributed by atoms with van der Waals surface area (Å²) in [7, 11) is 0. The minimum atomic E-state index is -0.168. The fraction of sp³-hybridized carbons (Fsp3) is 0.455. The molecule has 0 saturated carbocycles. The number of hydrogen-bond acceptors (Lipinski definition) is 0. The highest BCUT2D eigenvalue weighted by molar-refractivity contribution is 5.22. The molecule has 0 fully saturated rings. The van der Waals surface area contributed by atoms with Crippen molar-refractivity contribution in [1.82, 2.24) is 0 Å². The van der Waals surface area contributed by atoms with Gasteiger partial charge in [0.2, 0.25) is 0 Å². The van der Waals surface area contributed by atoms with Gasteiger partial charge in [0.25, 0.3) is 0 Å². The predicted molar refractivity (Wildman–Crippen MR) is 52.6 cm³/mol. The van der Waals surface area contributed by atoms with E-state index in [1.165, 1.54) is 13.0 Å². The summed E-state index contributed by atoms with van der Waals surface area (Å²) in [4.78, 5) is 0. The highest BCUT2D eigenvalue weighted by Gasteiger charge is 1.95. The molecule has 0 aromatic rings. The van der Waals surface area contributed by atoms with Crippen molar-refractivity contribution in [1.29, 1.82) is 0 Å². The average molecular weight is 168 g/mol. The molecule has 0 unspecified atom stereocenters. The topological polar surface area (TPSA) is 0 Å². The molecule has 0 N–H and O–H groups in total. The first-order chi connectivity index (χ1) is 5.56. The van der Waals surface area contributed by atoms with E-state index in [1.54, 1.807) is 12.2 Å². The van der Waals surface area contributed by atoms with Crippen molar-refractivity contribution in [3.05, 3.63) is 36.2 Å². The normalized spacial score (nSPS) is 13.8. The van der Waals surface area contributed by atoms with Crippen molar-refractivity contribution in [3.63, 3.8) is 0 Å². The van der Waals surface area contributed by atoms with Gasteiger partial charge in [-0.05, 0) is 30.9 Å². The van der Waals surface area contributed by atoms with Crippen molar-refractivity contribution in [2.75, 3.05) is 0 Å². The Labute approximate surface area is 74.5 Å². The Morgan fingerprint density at radius 1 is 1.42 bits per heavy atom. The second-order valence-corrected chi connectivity index (χ2v) is 3.30. The van der Waals surface area contributed by atoms with Gasteiger partial charge in [-0.15, -0.1) is 0 Å². The molecule has 0 atom stereocenters. The van der Waals surface area contributed by atoms with Crippen LogP contribution in [0.2, 0.25) is 0 Å². The molecule has 0 aliphatic carbocycles. The lowest BCUT2D eigenvalue weighted by Crippen LogP contribution is -1.88. The molecule has 1 heteroatoms. The molecule has 0 spiro atoms. The zero-order valence-corrected chi connectivity index (χ0v) is 8.10. The quantitative estimate of drug-likeness (QED) is 0.556. The third-order valence-electron chi connectivity index (χ3n) is 1.43. The molecule has 0 nitrogen and oxygen atoms in total. The SMILES string of the molecule is C=C/C(=C\C=C(/C)F)CC(C)C. The molecule has 0 saturated heterocycles. The standard InChI is InChI=1S/C11H17F/c1-5-11(8-9(2)3)7-6-10(4)12/h5-7,9H,1,8H2,2-4H3/b10-6+,11-7+. The van der Waals surface area contributed by atoms with Crippen molar-refractivity contribution in [2.24, 2.45) is 5.92 Å². The molecule has 0 bridgehead atoms. The second kappa shape index (κ2) is 5.76. The molecule has 0 aromatic heterocycles. The number of hydrogen-bond donors (Lipinski definition) is 0. The van der Waals surface area contributed by atoms with E-state index in [0.717, 1.165) is 12.0 Å². The number of allylic oxidation sites excluding steroid dienone is 5. The first-order valence-electron chi connectivity index (χ1n) is 4.21. The van der Waals surface area contributed by atoms with Crippen LogP contribution >= 0.6 is 0 Å². The van der Waals surface area contributed by atoms with Crippen LogP contribution in [0.4, 0.5) is 4.39 Å². The van der Waals surface area contributed by atoms with Gasteiger partial charge in [0.05, 0.1) is 5.83 Å². The first-order valence-corrected chi connectivity index (χ1v) is 4.21. The summed E-state index contributed by atoms with van der Waals surface area (Å²) >= 11 is 0. The van der Waals surface area contributed by atoms with Gasteiger partial charge in [-0.2, -0.15) is 0 Å². The van der Waals surface area contributed by atoms with E-state index >= 15 is 0 Å². The monoisotopic (exact) mass is 168 g/mol. The molecular weight excluding hydrogens is 151 g/mol. The Bertz CT molecular complexity index is 193. The maximum Gasteiger partial charge on any atom is 0.0968 e. The fourth-order valence-corrected chi connectivity index (χ4v) is 0.913. The zero-order chi connectivity index (χ0) is 9.56. The minimum Gasteiger partial charge on any atom is -0.212 e. The minimum absolute atomic E-state index is 0.168. The Balaban J connectivity index is 4.24. The van der Waals surface area contributed by atoms with Crippen LogP contribution in [0.3, 0.4) is 0 Å². The van der Waals surface area contributed by atoms with Gasteiger partial charge in [0.1, 0.15) is 0 Å². The molecule has 0 amide bonds. The van der Waals surface area contributed by atoms with Gasteiger partial charge >= 0.3 is 0 Å². The van der Waals surface area contributed by atoms with Crippen molar-refractivity contribution < 1.29 is 4.39 Å². The van der Waals surface area contributed by atoms with E-state index in [-0.39, 0.29) is 5.83 Å². The van der Waals surface area contributed by atoms with Crippen LogP contribution in [-0.4, -0.2) is 0 Å². The van der Waals surface area contributed by atoms with Crippen LogP contribution < -0.4 is 0 Å². The third-order valence-corrected chi connectivity index (χ3v) is 1.43. The lowest BCUT2D eigenvalue weighted by molar-refractivity contribution is 0.637. The van der Waals surface area contributed by atoms with Crippen LogP contribution in [0.15, 0.2) is 36.2 Å². The first kappa shape index (κ1) is 11.2. The molecule has 0 aliphatic heterocycles. The summed E-state index contributed by atoms with van der Waals surface area (Å²) in [6, 6.07) is 0. The third kappa shape index (κ3) is 5.90. The van der Waals surface area contributed by atoms with E-state index in [1.807, 2.05) is 0 Å². The van der Waals surface area contributed by atoms with Crippen LogP contribution in [0.5, 0.6) is 0 Å². The molecule has 0 rings (SSSR count). The molecule has 0 aliphatic rings. The van der Waals surface area contributed by atoms with Gasteiger partial charge < -0.3 is 0 Å². The number of rotatable bonds is 4. The molecular formula is C11H17F. The van der Waals surface area contributed by atoms with Crippen molar-refractivity contribution >= 4 is 0 Å². The van der Waals surface area contributed by atoms with Gasteiger partial charge in [-0.3, -0.25) is 0 Å². The lowest BCUT2D eigenvalue weighted by atomic mass is 10.0. The van der Waals surface area contributed by atoms with E-state index in [4.69, 9.17) is 0 Å². The molecule has 0 heterocycles. The largest absolute Gasteiger partial charge is 0.212 e. The Morgan fingerprint density at radius 3 is 2.33 bits per heavy atom. The van der Waals surface area contributed by atoms with Crippen molar-refractivity contribution in [3.8, 4) is 0 Å². The van der Waals surface area contributed by atoms with Crippen LogP contribution in [0.25, 0.3) is 0 Å². The second-order valence-electron chi connectivity index (χ2n) is 3.30. The van der Waals surface area contributed by atoms with E-state index in [9.17, 15) is 4.39 Å². The van der Waals surface area contributed by atoms with Gasteiger partial charge in [-0.25, -0.2) is 4.39 Å². The smallest absolute Gasteiger partial charge is 0.0968 e.